The van der Waals surface area contributed by atoms with Crippen LogP contribution in [-0.2, 0) is 13.1 Å². The summed E-state index contributed by atoms with van der Waals surface area (Å²) in [6.07, 6.45) is 5.32. The van der Waals surface area contributed by atoms with E-state index in [9.17, 15) is 9.59 Å². The number of urea groups is 1. The van der Waals surface area contributed by atoms with Crippen molar-refractivity contribution in [2.45, 2.75) is 20.0 Å². The van der Waals surface area contributed by atoms with Gasteiger partial charge < -0.3 is 10.6 Å². The fraction of sp³-hybridized carbons (Fsp3) is 0.150. The van der Waals surface area contributed by atoms with E-state index < -0.39 is 0 Å². The Hall–Kier alpha value is -3.59. The smallest absolute Gasteiger partial charge is 0.319 e. The number of aromatic nitrogens is 2. The zero-order chi connectivity index (χ0) is 18.5. The molecule has 3 aromatic rings. The third kappa shape index (κ3) is 3.57. The molecule has 2 aromatic carbocycles. The number of aryl methyl sites for hydroxylation is 1. The predicted molar refractivity (Wildman–Crippen MR) is 102 cm³/mol. The van der Waals surface area contributed by atoms with Gasteiger partial charge in [-0.3, -0.25) is 4.79 Å². The summed E-state index contributed by atoms with van der Waals surface area (Å²) in [4.78, 5) is 24.6. The second kappa shape index (κ2) is 7.53. The molecule has 0 aliphatic carbocycles. The first-order valence-electron chi connectivity index (χ1n) is 8.13. The molecule has 6 nitrogen and oxygen atoms in total. The van der Waals surface area contributed by atoms with Crippen molar-refractivity contribution >= 4 is 22.5 Å². The Balaban J connectivity index is 1.83. The number of carbonyl (C=O) groups is 1. The van der Waals surface area contributed by atoms with Crippen LogP contribution in [0.3, 0.4) is 0 Å². The molecule has 0 radical (unpaired) electrons. The van der Waals surface area contributed by atoms with Gasteiger partial charge in [-0.15, -0.1) is 6.42 Å². The molecule has 2 N–H and O–H groups in total. The molecule has 0 atom stereocenters. The Morgan fingerprint density at radius 3 is 2.58 bits per heavy atom. The highest BCUT2D eigenvalue weighted by Crippen LogP contribution is 2.14. The topological polar surface area (TPSA) is 76.0 Å². The van der Waals surface area contributed by atoms with Gasteiger partial charge in [0, 0.05) is 11.1 Å². The largest absolute Gasteiger partial charge is 0.332 e. The van der Waals surface area contributed by atoms with Crippen molar-refractivity contribution in [2.75, 3.05) is 5.32 Å². The van der Waals surface area contributed by atoms with Gasteiger partial charge in [0.25, 0.3) is 5.56 Å². The number of nitrogens with zero attached hydrogens (tertiary/aromatic N) is 2. The van der Waals surface area contributed by atoms with Crippen molar-refractivity contribution in [3.8, 4) is 12.3 Å². The van der Waals surface area contributed by atoms with Crippen LogP contribution in [-0.4, -0.2) is 15.8 Å². The lowest BCUT2D eigenvalue weighted by Gasteiger charge is -2.12. The average molecular weight is 346 g/mol. The minimum Gasteiger partial charge on any atom is -0.332 e. The van der Waals surface area contributed by atoms with Crippen LogP contribution >= 0.6 is 0 Å². The number of fused-ring (bicyclic) bond motifs is 1. The molecule has 0 saturated heterocycles. The highest BCUT2D eigenvalue weighted by atomic mass is 16.2. The third-order valence-electron chi connectivity index (χ3n) is 3.99. The minimum absolute atomic E-state index is 0.0755. The van der Waals surface area contributed by atoms with E-state index in [4.69, 9.17) is 6.42 Å². The summed E-state index contributed by atoms with van der Waals surface area (Å²) in [5.41, 5.74) is 2.04. The van der Waals surface area contributed by atoms with Crippen LogP contribution in [0.1, 0.15) is 11.3 Å². The van der Waals surface area contributed by atoms with Crippen molar-refractivity contribution in [2.24, 2.45) is 0 Å². The lowest BCUT2D eigenvalue weighted by molar-refractivity contribution is 0.251. The molecule has 2 amide bonds. The molecule has 0 saturated carbocycles. The first kappa shape index (κ1) is 17.2. The van der Waals surface area contributed by atoms with E-state index in [1.165, 1.54) is 4.68 Å². The first-order valence-corrected chi connectivity index (χ1v) is 8.13. The number of hydrogen-bond donors (Lipinski definition) is 2. The zero-order valence-corrected chi connectivity index (χ0v) is 14.3. The normalized spacial score (nSPS) is 10.3. The quantitative estimate of drug-likeness (QED) is 0.713. The molecule has 3 rings (SSSR count). The number of hydrogen-bond acceptors (Lipinski definition) is 3. The van der Waals surface area contributed by atoms with Gasteiger partial charge in [0.05, 0.1) is 17.6 Å². The molecule has 0 spiro atoms. The number of anilines is 1. The molecule has 6 heteroatoms. The third-order valence-corrected chi connectivity index (χ3v) is 3.99. The van der Waals surface area contributed by atoms with Crippen molar-refractivity contribution < 1.29 is 4.79 Å². The summed E-state index contributed by atoms with van der Waals surface area (Å²) in [7, 11) is 0. The number of carbonyl (C=O) groups excluding carboxylic acids is 1. The molecule has 0 bridgehead atoms. The van der Waals surface area contributed by atoms with Crippen LogP contribution in [0.15, 0.2) is 53.3 Å². The number of rotatable bonds is 4. The van der Waals surface area contributed by atoms with E-state index in [2.05, 4.69) is 21.7 Å². The Morgan fingerprint density at radius 2 is 1.85 bits per heavy atom. The Bertz CT molecular complexity index is 1060. The minimum atomic E-state index is -0.347. The van der Waals surface area contributed by atoms with E-state index in [-0.39, 0.29) is 24.7 Å². The lowest BCUT2D eigenvalue weighted by Crippen LogP contribution is -2.31. The van der Waals surface area contributed by atoms with E-state index in [1.807, 2.05) is 37.3 Å². The second-order valence-electron chi connectivity index (χ2n) is 5.78. The van der Waals surface area contributed by atoms with Gasteiger partial charge in [-0.1, -0.05) is 42.3 Å². The summed E-state index contributed by atoms with van der Waals surface area (Å²) in [5, 5.41) is 11.1. The molecule has 1 aromatic heterocycles. The maximum absolute atomic E-state index is 12.4. The summed E-state index contributed by atoms with van der Waals surface area (Å²) < 4.78 is 1.23. The van der Waals surface area contributed by atoms with Crippen LogP contribution in [0, 0.1) is 19.3 Å². The van der Waals surface area contributed by atoms with Crippen LogP contribution in [0.25, 0.3) is 10.8 Å². The van der Waals surface area contributed by atoms with Crippen LogP contribution < -0.4 is 16.2 Å². The molecule has 0 unspecified atom stereocenters. The zero-order valence-electron chi connectivity index (χ0n) is 14.3. The van der Waals surface area contributed by atoms with Gasteiger partial charge in [0.2, 0.25) is 0 Å². The SMILES string of the molecule is C#CCn1nc(CNC(=O)Nc2ccccc2C)c2ccccc2c1=O. The van der Waals surface area contributed by atoms with E-state index in [0.717, 1.165) is 11.3 Å². The van der Waals surface area contributed by atoms with Crippen molar-refractivity contribution in [3.63, 3.8) is 0 Å². The van der Waals surface area contributed by atoms with Gasteiger partial charge in [-0.05, 0) is 24.6 Å². The number of benzene rings is 2. The maximum atomic E-state index is 12.4. The maximum Gasteiger partial charge on any atom is 0.319 e. The molecule has 0 fully saturated rings. The average Bonchev–Trinajstić information content (AvgIpc) is 2.65. The van der Waals surface area contributed by atoms with E-state index >= 15 is 0 Å². The van der Waals surface area contributed by atoms with E-state index in [1.54, 1.807) is 18.2 Å². The molecular formula is C20H18N4O2. The standard InChI is InChI=1S/C20H18N4O2/c1-3-12-24-19(25)16-10-6-5-9-15(16)18(23-24)13-21-20(26)22-17-11-7-4-8-14(17)2/h1,4-11H,12-13H2,2H3,(H2,21,22,26). The summed E-state index contributed by atoms with van der Waals surface area (Å²) in [6.45, 7) is 2.16. The molecule has 26 heavy (non-hydrogen) atoms. The molecule has 130 valence electrons. The fourth-order valence-corrected chi connectivity index (χ4v) is 2.67. The van der Waals surface area contributed by atoms with Gasteiger partial charge in [0.15, 0.2) is 0 Å². The van der Waals surface area contributed by atoms with Crippen molar-refractivity contribution in [1.82, 2.24) is 15.1 Å². The van der Waals surface area contributed by atoms with Gasteiger partial charge in [0.1, 0.15) is 6.54 Å². The predicted octanol–water partition coefficient (Wildman–Crippen LogP) is 2.66. The first-order chi connectivity index (χ1) is 12.6. The number of para-hydroxylation sites is 1. The molecule has 0 aliphatic heterocycles. The number of amides is 2. The second-order valence-corrected chi connectivity index (χ2v) is 5.78. The van der Waals surface area contributed by atoms with Gasteiger partial charge >= 0.3 is 6.03 Å². The van der Waals surface area contributed by atoms with Crippen molar-refractivity contribution in [3.05, 3.63) is 70.1 Å². The fourth-order valence-electron chi connectivity index (χ4n) is 2.67. The lowest BCUT2D eigenvalue weighted by atomic mass is 10.1. The van der Waals surface area contributed by atoms with Crippen LogP contribution in [0.2, 0.25) is 0 Å². The van der Waals surface area contributed by atoms with E-state index in [0.29, 0.717) is 16.5 Å². The monoisotopic (exact) mass is 346 g/mol. The summed E-state index contributed by atoms with van der Waals surface area (Å²) >= 11 is 0. The van der Waals surface area contributed by atoms with Crippen LogP contribution in [0.4, 0.5) is 10.5 Å². The summed E-state index contributed by atoms with van der Waals surface area (Å²) in [5.74, 6) is 2.42. The number of terminal acetylenes is 1. The molecular weight excluding hydrogens is 328 g/mol. The highest BCUT2D eigenvalue weighted by molar-refractivity contribution is 5.90. The van der Waals surface area contributed by atoms with Crippen LogP contribution in [0.5, 0.6) is 0 Å². The summed E-state index contributed by atoms with van der Waals surface area (Å²) in [6, 6.07) is 14.3. The Morgan fingerprint density at radius 1 is 1.15 bits per heavy atom. The molecule has 1 heterocycles. The molecule has 0 aliphatic rings. The highest BCUT2D eigenvalue weighted by Gasteiger charge is 2.11. The van der Waals surface area contributed by atoms with Crippen molar-refractivity contribution in [1.29, 1.82) is 0 Å². The van der Waals surface area contributed by atoms with Gasteiger partial charge in [-0.25, -0.2) is 9.48 Å². The number of nitrogens with one attached hydrogen (secondary N) is 2. The van der Waals surface area contributed by atoms with Gasteiger partial charge in [-0.2, -0.15) is 5.10 Å². The Labute approximate surface area is 150 Å². The Kier molecular flexibility index (Phi) is 4.99.